The number of anilines is 1. The maximum absolute atomic E-state index is 11.9. The lowest BCUT2D eigenvalue weighted by Gasteiger charge is -2.34. The van der Waals surface area contributed by atoms with E-state index in [1.54, 1.807) is 19.0 Å². The summed E-state index contributed by atoms with van der Waals surface area (Å²) in [6.07, 6.45) is 2.43. The number of carbonyl (C=O) groups is 1. The van der Waals surface area contributed by atoms with E-state index in [-0.39, 0.29) is 5.91 Å². The zero-order valence-electron chi connectivity index (χ0n) is 16.4. The molecule has 2 N–H and O–H groups in total. The Morgan fingerprint density at radius 1 is 1.19 bits per heavy atom. The largest absolute Gasteiger partial charge is 0.362 e. The number of thiocarbonyl (C=S) groups is 1. The first-order valence-electron chi connectivity index (χ1n) is 9.44. The third-order valence-corrected chi connectivity index (χ3v) is 4.92. The van der Waals surface area contributed by atoms with Crippen LogP contribution in [-0.2, 0) is 0 Å². The Morgan fingerprint density at radius 3 is 2.38 bits per heavy atom. The molecule has 0 radical (unpaired) electrons. The van der Waals surface area contributed by atoms with Gasteiger partial charge in [0.15, 0.2) is 5.11 Å². The molecule has 0 spiro atoms. The van der Waals surface area contributed by atoms with Crippen molar-refractivity contribution in [2.45, 2.75) is 26.7 Å². The smallest absolute Gasteiger partial charge is 0.253 e. The summed E-state index contributed by atoms with van der Waals surface area (Å²) >= 11 is 5.36. The number of carbonyl (C=O) groups excluding carboxylic acids is 1. The average Bonchev–Trinajstić information content (AvgIpc) is 2.58. The Morgan fingerprint density at radius 2 is 1.81 bits per heavy atom. The van der Waals surface area contributed by atoms with Crippen molar-refractivity contribution in [2.24, 2.45) is 11.8 Å². The van der Waals surface area contributed by atoms with Crippen LogP contribution >= 0.6 is 12.2 Å². The SMILES string of the molecule is C[C@@H]1C[C@@H](C)CN(CCCNC(=S)Nc2ccc(C(=O)N(C)C)cc2)C1. The Labute approximate surface area is 163 Å². The van der Waals surface area contributed by atoms with Gasteiger partial charge in [0, 0.05) is 45.0 Å². The fraction of sp³-hybridized carbons (Fsp3) is 0.600. The topological polar surface area (TPSA) is 47.6 Å². The Hall–Kier alpha value is -1.66. The standard InChI is InChI=1S/C20H32N4OS/c1-15-12-16(2)14-24(13-15)11-5-10-21-20(26)22-18-8-6-17(7-9-18)19(25)23(3)4/h6-9,15-16H,5,10-14H2,1-4H3,(H2,21,22,26)/t15-,16-/m1/s1. The maximum atomic E-state index is 11.9. The fourth-order valence-electron chi connectivity index (χ4n) is 3.61. The van der Waals surface area contributed by atoms with Crippen molar-refractivity contribution >= 4 is 28.9 Å². The number of likely N-dealkylation sites (tertiary alicyclic amines) is 1. The highest BCUT2D eigenvalue weighted by atomic mass is 32.1. The van der Waals surface area contributed by atoms with Crippen LogP contribution in [0.2, 0.25) is 0 Å². The molecule has 1 aliphatic rings. The molecule has 1 fully saturated rings. The maximum Gasteiger partial charge on any atom is 0.253 e. The van der Waals surface area contributed by atoms with Gasteiger partial charge in [-0.2, -0.15) is 0 Å². The van der Waals surface area contributed by atoms with Crippen LogP contribution in [0.5, 0.6) is 0 Å². The highest BCUT2D eigenvalue weighted by molar-refractivity contribution is 7.80. The summed E-state index contributed by atoms with van der Waals surface area (Å²) in [7, 11) is 3.50. The van der Waals surface area contributed by atoms with Crippen LogP contribution < -0.4 is 10.6 Å². The van der Waals surface area contributed by atoms with E-state index >= 15 is 0 Å². The Balaban J connectivity index is 1.68. The monoisotopic (exact) mass is 376 g/mol. The zero-order valence-corrected chi connectivity index (χ0v) is 17.2. The molecule has 1 aliphatic heterocycles. The van der Waals surface area contributed by atoms with E-state index in [4.69, 9.17) is 12.2 Å². The third-order valence-electron chi connectivity index (χ3n) is 4.68. The molecule has 2 rings (SSSR count). The first-order valence-corrected chi connectivity index (χ1v) is 9.85. The van der Waals surface area contributed by atoms with Crippen molar-refractivity contribution in [1.29, 1.82) is 0 Å². The Bertz CT molecular complexity index is 592. The lowest BCUT2D eigenvalue weighted by molar-refractivity contribution is 0.0827. The fourth-order valence-corrected chi connectivity index (χ4v) is 3.83. The quantitative estimate of drug-likeness (QED) is 0.590. The first-order chi connectivity index (χ1) is 12.3. The number of piperidine rings is 1. The lowest BCUT2D eigenvalue weighted by atomic mass is 9.92. The van der Waals surface area contributed by atoms with E-state index in [2.05, 4.69) is 29.4 Å². The molecule has 5 nitrogen and oxygen atoms in total. The molecule has 1 heterocycles. The lowest BCUT2D eigenvalue weighted by Crippen LogP contribution is -2.40. The van der Waals surface area contributed by atoms with Gasteiger partial charge in [-0.05, 0) is 67.7 Å². The highest BCUT2D eigenvalue weighted by Gasteiger charge is 2.20. The molecule has 0 aromatic heterocycles. The molecular formula is C20H32N4OS. The van der Waals surface area contributed by atoms with Gasteiger partial charge in [0.2, 0.25) is 0 Å². The second kappa shape index (κ2) is 9.88. The number of benzene rings is 1. The second-order valence-electron chi connectivity index (χ2n) is 7.72. The van der Waals surface area contributed by atoms with Gasteiger partial charge in [0.1, 0.15) is 0 Å². The van der Waals surface area contributed by atoms with Gasteiger partial charge in [-0.25, -0.2) is 0 Å². The number of nitrogens with zero attached hydrogens (tertiary/aromatic N) is 2. The number of nitrogens with one attached hydrogen (secondary N) is 2. The minimum absolute atomic E-state index is 0.00130. The van der Waals surface area contributed by atoms with Crippen molar-refractivity contribution in [3.8, 4) is 0 Å². The molecule has 0 bridgehead atoms. The summed E-state index contributed by atoms with van der Waals surface area (Å²) in [5.41, 5.74) is 1.56. The van der Waals surface area contributed by atoms with Crippen molar-refractivity contribution in [3.63, 3.8) is 0 Å². The molecule has 0 saturated carbocycles. The van der Waals surface area contributed by atoms with Gasteiger partial charge < -0.3 is 20.4 Å². The number of amides is 1. The molecule has 1 saturated heterocycles. The van der Waals surface area contributed by atoms with Crippen LogP contribution in [0.3, 0.4) is 0 Å². The van der Waals surface area contributed by atoms with Crippen LogP contribution in [-0.4, -0.2) is 61.1 Å². The molecule has 26 heavy (non-hydrogen) atoms. The van der Waals surface area contributed by atoms with Gasteiger partial charge in [-0.15, -0.1) is 0 Å². The van der Waals surface area contributed by atoms with Gasteiger partial charge in [-0.1, -0.05) is 13.8 Å². The summed E-state index contributed by atoms with van der Waals surface area (Å²) in [6, 6.07) is 7.38. The van der Waals surface area contributed by atoms with Gasteiger partial charge in [0.25, 0.3) is 5.91 Å². The predicted octanol–water partition coefficient (Wildman–Crippen LogP) is 3.04. The van der Waals surface area contributed by atoms with E-state index in [9.17, 15) is 4.79 Å². The van der Waals surface area contributed by atoms with Crippen LogP contribution in [0.1, 0.15) is 37.0 Å². The van der Waals surface area contributed by atoms with E-state index < -0.39 is 0 Å². The van der Waals surface area contributed by atoms with Crippen LogP contribution in [0.25, 0.3) is 0 Å². The second-order valence-corrected chi connectivity index (χ2v) is 8.13. The van der Waals surface area contributed by atoms with Crippen LogP contribution in [0.4, 0.5) is 5.69 Å². The minimum atomic E-state index is -0.00130. The zero-order chi connectivity index (χ0) is 19.1. The van der Waals surface area contributed by atoms with Gasteiger partial charge >= 0.3 is 0 Å². The predicted molar refractivity (Wildman–Crippen MR) is 113 cm³/mol. The summed E-state index contributed by atoms with van der Waals surface area (Å²) in [5.74, 6) is 1.60. The summed E-state index contributed by atoms with van der Waals surface area (Å²) in [4.78, 5) is 16.0. The molecule has 6 heteroatoms. The summed E-state index contributed by atoms with van der Waals surface area (Å²) in [5, 5.41) is 7.06. The molecular weight excluding hydrogens is 344 g/mol. The Kier molecular flexibility index (Phi) is 7.85. The molecule has 0 aliphatic carbocycles. The first kappa shape index (κ1) is 20.6. The summed E-state index contributed by atoms with van der Waals surface area (Å²) in [6.45, 7) is 9.10. The molecule has 0 unspecified atom stereocenters. The van der Waals surface area contributed by atoms with Crippen molar-refractivity contribution in [2.75, 3.05) is 45.6 Å². The molecule has 1 amide bonds. The van der Waals surface area contributed by atoms with Crippen LogP contribution in [0.15, 0.2) is 24.3 Å². The van der Waals surface area contributed by atoms with E-state index in [1.165, 1.54) is 19.5 Å². The third kappa shape index (κ3) is 6.57. The van der Waals surface area contributed by atoms with Crippen LogP contribution in [0, 0.1) is 11.8 Å². The highest BCUT2D eigenvalue weighted by Crippen LogP contribution is 2.20. The van der Waals surface area contributed by atoms with Crippen molar-refractivity contribution in [1.82, 2.24) is 15.1 Å². The minimum Gasteiger partial charge on any atom is -0.362 e. The summed E-state index contributed by atoms with van der Waals surface area (Å²) < 4.78 is 0. The van der Waals surface area contributed by atoms with Crippen molar-refractivity contribution in [3.05, 3.63) is 29.8 Å². The van der Waals surface area contributed by atoms with Crippen molar-refractivity contribution < 1.29 is 4.79 Å². The van der Waals surface area contributed by atoms with Gasteiger partial charge in [-0.3, -0.25) is 4.79 Å². The molecule has 144 valence electrons. The molecule has 1 aromatic rings. The van der Waals surface area contributed by atoms with E-state index in [0.29, 0.717) is 10.7 Å². The van der Waals surface area contributed by atoms with E-state index in [0.717, 1.165) is 37.0 Å². The number of rotatable bonds is 6. The van der Waals surface area contributed by atoms with E-state index in [1.807, 2.05) is 24.3 Å². The molecule has 1 aromatic carbocycles. The van der Waals surface area contributed by atoms with Gasteiger partial charge in [0.05, 0.1) is 0 Å². The molecule has 2 atom stereocenters. The average molecular weight is 377 g/mol. The number of hydrogen-bond acceptors (Lipinski definition) is 3. The number of hydrogen-bond donors (Lipinski definition) is 2. The normalized spacial score (nSPS) is 20.5.